The lowest BCUT2D eigenvalue weighted by Gasteiger charge is -2.23. The summed E-state index contributed by atoms with van der Waals surface area (Å²) in [4.78, 5) is 2.44. The predicted molar refractivity (Wildman–Crippen MR) is 81.0 cm³/mol. The fourth-order valence-electron chi connectivity index (χ4n) is 2.41. The first kappa shape index (κ1) is 14.6. The van der Waals surface area contributed by atoms with Crippen LogP contribution in [0.2, 0.25) is 5.02 Å². The minimum Gasteiger partial charge on any atom is -0.384 e. The van der Waals surface area contributed by atoms with E-state index in [1.165, 1.54) is 12.8 Å². The van der Waals surface area contributed by atoms with Crippen LogP contribution in [0, 0.1) is 0 Å². The van der Waals surface area contributed by atoms with Crippen molar-refractivity contribution < 1.29 is 4.74 Å². The molecule has 1 aromatic rings. The molecule has 1 unspecified atom stereocenters. The normalized spacial score (nSPS) is 19.0. The van der Waals surface area contributed by atoms with Gasteiger partial charge in [0.25, 0.3) is 0 Å². The second-order valence-corrected chi connectivity index (χ2v) is 5.40. The SMILES string of the molecule is CCN(CCNc1cccc(Cl)c1)CC1CCCO1. The number of nitrogens with one attached hydrogen (secondary N) is 1. The molecule has 0 radical (unpaired) electrons. The Kier molecular flexibility index (Phi) is 5.95. The molecular formula is C15H23ClN2O. The summed E-state index contributed by atoms with van der Waals surface area (Å²) in [6.07, 6.45) is 2.85. The molecule has 1 fully saturated rings. The highest BCUT2D eigenvalue weighted by atomic mass is 35.5. The Morgan fingerprint density at radius 1 is 1.47 bits per heavy atom. The lowest BCUT2D eigenvalue weighted by Crippen LogP contribution is -2.35. The Morgan fingerprint density at radius 2 is 2.37 bits per heavy atom. The molecule has 106 valence electrons. The maximum atomic E-state index is 5.96. The molecule has 2 rings (SSSR count). The molecule has 0 spiro atoms. The lowest BCUT2D eigenvalue weighted by atomic mass is 10.2. The van der Waals surface area contributed by atoms with Crippen LogP contribution in [-0.2, 0) is 4.74 Å². The highest BCUT2D eigenvalue weighted by Crippen LogP contribution is 2.15. The van der Waals surface area contributed by atoms with E-state index in [-0.39, 0.29) is 0 Å². The van der Waals surface area contributed by atoms with Crippen LogP contribution >= 0.6 is 11.6 Å². The van der Waals surface area contributed by atoms with Crippen molar-refractivity contribution >= 4 is 17.3 Å². The molecule has 1 aliphatic heterocycles. The first-order chi connectivity index (χ1) is 9.28. The number of nitrogens with zero attached hydrogens (tertiary/aromatic N) is 1. The van der Waals surface area contributed by atoms with E-state index in [1.807, 2.05) is 24.3 Å². The van der Waals surface area contributed by atoms with Crippen LogP contribution < -0.4 is 5.32 Å². The lowest BCUT2D eigenvalue weighted by molar-refractivity contribution is 0.0761. The van der Waals surface area contributed by atoms with Crippen molar-refractivity contribution in [3.8, 4) is 0 Å². The molecule has 1 aromatic carbocycles. The molecule has 0 aromatic heterocycles. The molecule has 0 amide bonds. The summed E-state index contributed by atoms with van der Waals surface area (Å²) in [5, 5.41) is 4.18. The highest BCUT2D eigenvalue weighted by Gasteiger charge is 2.17. The second kappa shape index (κ2) is 7.73. The van der Waals surface area contributed by atoms with E-state index in [1.54, 1.807) is 0 Å². The Morgan fingerprint density at radius 3 is 3.05 bits per heavy atom. The van der Waals surface area contributed by atoms with Gasteiger partial charge >= 0.3 is 0 Å². The van der Waals surface area contributed by atoms with Crippen LogP contribution in [0.15, 0.2) is 24.3 Å². The van der Waals surface area contributed by atoms with Crippen LogP contribution in [0.25, 0.3) is 0 Å². The molecule has 19 heavy (non-hydrogen) atoms. The van der Waals surface area contributed by atoms with Crippen molar-refractivity contribution in [2.45, 2.75) is 25.9 Å². The van der Waals surface area contributed by atoms with Crippen LogP contribution in [0.3, 0.4) is 0 Å². The van der Waals surface area contributed by atoms with E-state index in [2.05, 4.69) is 17.1 Å². The summed E-state index contributed by atoms with van der Waals surface area (Å²) in [5.74, 6) is 0. The molecule has 4 heteroatoms. The van der Waals surface area contributed by atoms with Crippen molar-refractivity contribution in [1.82, 2.24) is 4.90 Å². The van der Waals surface area contributed by atoms with E-state index in [0.29, 0.717) is 6.10 Å². The summed E-state index contributed by atoms with van der Waals surface area (Å²) in [6.45, 7) is 7.21. The van der Waals surface area contributed by atoms with Gasteiger partial charge in [0, 0.05) is 37.0 Å². The first-order valence-corrected chi connectivity index (χ1v) is 7.49. The van der Waals surface area contributed by atoms with E-state index in [9.17, 15) is 0 Å². The molecule has 1 aliphatic rings. The van der Waals surface area contributed by atoms with Gasteiger partial charge in [-0.2, -0.15) is 0 Å². The Balaban J connectivity index is 1.70. The summed E-state index contributed by atoms with van der Waals surface area (Å²) >= 11 is 5.96. The fourth-order valence-corrected chi connectivity index (χ4v) is 2.60. The van der Waals surface area contributed by atoms with Gasteiger partial charge in [0.1, 0.15) is 0 Å². The smallest absolute Gasteiger partial charge is 0.0702 e. The van der Waals surface area contributed by atoms with E-state index in [4.69, 9.17) is 16.3 Å². The van der Waals surface area contributed by atoms with Crippen molar-refractivity contribution in [3.05, 3.63) is 29.3 Å². The van der Waals surface area contributed by atoms with Gasteiger partial charge < -0.3 is 10.1 Å². The third kappa shape index (κ3) is 5.01. The molecule has 1 saturated heterocycles. The van der Waals surface area contributed by atoms with E-state index >= 15 is 0 Å². The zero-order valence-corrected chi connectivity index (χ0v) is 12.3. The van der Waals surface area contributed by atoms with Gasteiger partial charge in [-0.1, -0.05) is 24.6 Å². The maximum Gasteiger partial charge on any atom is 0.0702 e. The molecule has 1 N–H and O–H groups in total. The van der Waals surface area contributed by atoms with Gasteiger partial charge in [0.2, 0.25) is 0 Å². The number of benzene rings is 1. The third-order valence-corrected chi connectivity index (χ3v) is 3.75. The van der Waals surface area contributed by atoms with Gasteiger partial charge in [-0.3, -0.25) is 4.90 Å². The number of hydrogen-bond donors (Lipinski definition) is 1. The van der Waals surface area contributed by atoms with Gasteiger partial charge in [0.05, 0.1) is 6.10 Å². The number of hydrogen-bond acceptors (Lipinski definition) is 3. The average molecular weight is 283 g/mol. The van der Waals surface area contributed by atoms with Crippen molar-refractivity contribution in [2.24, 2.45) is 0 Å². The highest BCUT2D eigenvalue weighted by molar-refractivity contribution is 6.30. The summed E-state index contributed by atoms with van der Waals surface area (Å²) in [5.41, 5.74) is 1.08. The van der Waals surface area contributed by atoms with Crippen molar-refractivity contribution in [1.29, 1.82) is 0 Å². The van der Waals surface area contributed by atoms with Crippen LogP contribution in [-0.4, -0.2) is 43.8 Å². The minimum atomic E-state index is 0.436. The largest absolute Gasteiger partial charge is 0.384 e. The topological polar surface area (TPSA) is 24.5 Å². The van der Waals surface area contributed by atoms with E-state index in [0.717, 1.165) is 43.5 Å². The summed E-state index contributed by atoms with van der Waals surface area (Å²) in [7, 11) is 0. The number of likely N-dealkylation sites (N-methyl/N-ethyl adjacent to an activating group) is 1. The van der Waals surface area contributed by atoms with Gasteiger partial charge in [-0.05, 0) is 37.6 Å². The average Bonchev–Trinajstić information content (AvgIpc) is 2.90. The Bertz CT molecular complexity index is 380. The second-order valence-electron chi connectivity index (χ2n) is 4.97. The summed E-state index contributed by atoms with van der Waals surface area (Å²) in [6, 6.07) is 7.86. The zero-order valence-electron chi connectivity index (χ0n) is 11.6. The Hall–Kier alpha value is -0.770. The van der Waals surface area contributed by atoms with Gasteiger partial charge in [0.15, 0.2) is 0 Å². The number of anilines is 1. The predicted octanol–water partition coefficient (Wildman–Crippen LogP) is 3.25. The molecule has 1 atom stereocenters. The van der Waals surface area contributed by atoms with Crippen LogP contribution in [0.5, 0.6) is 0 Å². The first-order valence-electron chi connectivity index (χ1n) is 7.11. The minimum absolute atomic E-state index is 0.436. The number of halogens is 1. The number of rotatable bonds is 7. The van der Waals surface area contributed by atoms with Crippen LogP contribution in [0.4, 0.5) is 5.69 Å². The fraction of sp³-hybridized carbons (Fsp3) is 0.600. The number of ether oxygens (including phenoxy) is 1. The zero-order chi connectivity index (χ0) is 13.5. The molecular weight excluding hydrogens is 260 g/mol. The molecule has 0 aliphatic carbocycles. The van der Waals surface area contributed by atoms with Crippen molar-refractivity contribution in [3.63, 3.8) is 0 Å². The quantitative estimate of drug-likeness (QED) is 0.831. The van der Waals surface area contributed by atoms with Crippen molar-refractivity contribution in [2.75, 3.05) is 38.1 Å². The monoisotopic (exact) mass is 282 g/mol. The maximum absolute atomic E-state index is 5.96. The van der Waals surface area contributed by atoms with Gasteiger partial charge in [-0.25, -0.2) is 0 Å². The Labute approximate surface area is 120 Å². The van der Waals surface area contributed by atoms with Crippen LogP contribution in [0.1, 0.15) is 19.8 Å². The standard InChI is InChI=1S/C15H23ClN2O/c1-2-18(12-15-7-4-10-19-15)9-8-17-14-6-3-5-13(16)11-14/h3,5-6,11,15,17H,2,4,7-10,12H2,1H3. The van der Waals surface area contributed by atoms with Gasteiger partial charge in [-0.15, -0.1) is 0 Å². The third-order valence-electron chi connectivity index (χ3n) is 3.51. The molecule has 1 heterocycles. The molecule has 3 nitrogen and oxygen atoms in total. The molecule has 0 bridgehead atoms. The summed E-state index contributed by atoms with van der Waals surface area (Å²) < 4.78 is 5.69. The van der Waals surface area contributed by atoms with E-state index < -0.39 is 0 Å². The molecule has 0 saturated carbocycles.